The van der Waals surface area contributed by atoms with Gasteiger partial charge in [-0.15, -0.1) is 0 Å². The first-order valence-corrected chi connectivity index (χ1v) is 8.48. The molecule has 0 unspecified atom stereocenters. The number of carbonyl (C=O) groups excluding carboxylic acids is 1. The van der Waals surface area contributed by atoms with E-state index in [1.54, 1.807) is 6.07 Å². The van der Waals surface area contributed by atoms with Gasteiger partial charge in [-0.3, -0.25) is 4.79 Å². The molecule has 0 radical (unpaired) electrons. The molecule has 0 bridgehead atoms. The van der Waals surface area contributed by atoms with Gasteiger partial charge in [0.1, 0.15) is 11.9 Å². The van der Waals surface area contributed by atoms with Crippen LogP contribution in [0.5, 0.6) is 0 Å². The molecule has 0 aliphatic carbocycles. The van der Waals surface area contributed by atoms with Crippen molar-refractivity contribution in [2.75, 3.05) is 11.4 Å². The van der Waals surface area contributed by atoms with E-state index in [2.05, 4.69) is 5.32 Å². The minimum Gasteiger partial charge on any atom is -0.465 e. The van der Waals surface area contributed by atoms with Crippen molar-refractivity contribution in [3.8, 4) is 0 Å². The summed E-state index contributed by atoms with van der Waals surface area (Å²) in [6, 6.07) is 3.60. The van der Waals surface area contributed by atoms with E-state index in [1.165, 1.54) is 17.0 Å². The first-order chi connectivity index (χ1) is 12.0. The quantitative estimate of drug-likeness (QED) is 0.794. The van der Waals surface area contributed by atoms with Crippen LogP contribution >= 0.6 is 0 Å². The summed E-state index contributed by atoms with van der Waals surface area (Å²) in [4.78, 5) is 24.3. The number of halogens is 1. The lowest BCUT2D eigenvalue weighted by molar-refractivity contribution is -0.118. The summed E-state index contributed by atoms with van der Waals surface area (Å²) < 4.78 is 26.5. The molecule has 1 atom stereocenters. The number of hydrogen-bond acceptors (Lipinski definition) is 4. The van der Waals surface area contributed by atoms with Crippen LogP contribution in [-0.2, 0) is 14.1 Å². The van der Waals surface area contributed by atoms with Crippen LogP contribution in [0.2, 0.25) is 0 Å². The molecule has 0 saturated carbocycles. The third kappa shape index (κ3) is 3.17. The molecule has 1 aromatic carbocycles. The number of anilines is 1. The van der Waals surface area contributed by atoms with E-state index >= 15 is 0 Å². The topological polar surface area (TPSA) is 88.1 Å². The fourth-order valence-electron chi connectivity index (χ4n) is 3.07. The summed E-state index contributed by atoms with van der Waals surface area (Å²) in [5, 5.41) is 10.9. The Kier molecular flexibility index (Phi) is 4.48. The molecule has 0 spiro atoms. The Hall–Kier alpha value is -2.13. The Balaban J connectivity index is 1.79. The lowest BCUT2D eigenvalue weighted by Gasteiger charge is -2.32. The van der Waals surface area contributed by atoms with Gasteiger partial charge < -0.3 is 24.6 Å². The van der Waals surface area contributed by atoms with Gasteiger partial charge in [-0.05, 0) is 51.7 Å². The van der Waals surface area contributed by atoms with Gasteiger partial charge in [0.15, 0.2) is 0 Å². The van der Waals surface area contributed by atoms with E-state index in [9.17, 15) is 14.0 Å². The molecule has 26 heavy (non-hydrogen) atoms. The highest BCUT2D eigenvalue weighted by Crippen LogP contribution is 2.36. The second kappa shape index (κ2) is 6.24. The highest BCUT2D eigenvalue weighted by Gasteiger charge is 2.51. The normalized spacial score (nSPS) is 24.2. The number of benzene rings is 1. The average Bonchev–Trinajstić information content (AvgIpc) is 2.96. The van der Waals surface area contributed by atoms with Gasteiger partial charge in [0.05, 0.1) is 16.9 Å². The standard InChI is InChI=1S/C17H22BFN2O5/c1-16(2)17(3,4)26-18(25-16)10-5-6-13(11(19)9-10)21-8-7-12(14(21)22)20-15(23)24/h5-6,9,12,20H,7-8H2,1-4H3,(H,23,24)/t12-/m0/s1. The predicted molar refractivity (Wildman–Crippen MR) is 94.0 cm³/mol. The van der Waals surface area contributed by atoms with Gasteiger partial charge >= 0.3 is 13.2 Å². The largest absolute Gasteiger partial charge is 0.494 e. The smallest absolute Gasteiger partial charge is 0.465 e. The molecule has 1 aromatic rings. The fourth-order valence-corrected chi connectivity index (χ4v) is 3.07. The molecule has 9 heteroatoms. The zero-order valence-electron chi connectivity index (χ0n) is 15.2. The lowest BCUT2D eigenvalue weighted by atomic mass is 9.79. The van der Waals surface area contributed by atoms with E-state index < -0.39 is 42.2 Å². The molecule has 2 aliphatic rings. The van der Waals surface area contributed by atoms with E-state index in [4.69, 9.17) is 14.4 Å². The lowest BCUT2D eigenvalue weighted by Crippen LogP contribution is -2.41. The monoisotopic (exact) mass is 364 g/mol. The van der Waals surface area contributed by atoms with Gasteiger partial charge in [0, 0.05) is 6.54 Å². The van der Waals surface area contributed by atoms with Crippen molar-refractivity contribution in [1.82, 2.24) is 5.32 Å². The predicted octanol–water partition coefficient (Wildman–Crippen LogP) is 1.50. The first kappa shape index (κ1) is 18.7. The molecule has 2 N–H and O–H groups in total. The van der Waals surface area contributed by atoms with Crippen molar-refractivity contribution in [3.05, 3.63) is 24.0 Å². The Labute approximate surface area is 151 Å². The van der Waals surface area contributed by atoms with Crippen LogP contribution < -0.4 is 15.7 Å². The maximum absolute atomic E-state index is 14.7. The van der Waals surface area contributed by atoms with Crippen molar-refractivity contribution in [3.63, 3.8) is 0 Å². The van der Waals surface area contributed by atoms with Gasteiger partial charge in [-0.1, -0.05) is 6.07 Å². The maximum atomic E-state index is 14.7. The zero-order valence-corrected chi connectivity index (χ0v) is 15.2. The molecular formula is C17H22BFN2O5. The number of amides is 2. The Morgan fingerprint density at radius 2 is 1.92 bits per heavy atom. The Morgan fingerprint density at radius 1 is 1.31 bits per heavy atom. The molecule has 0 aromatic heterocycles. The highest BCUT2D eigenvalue weighted by atomic mass is 19.1. The summed E-state index contributed by atoms with van der Waals surface area (Å²) in [7, 11) is -0.695. The SMILES string of the molecule is CC1(C)OB(c2ccc(N3CC[C@H](NC(=O)O)C3=O)c(F)c2)OC1(C)C. The van der Waals surface area contributed by atoms with Gasteiger partial charge in [-0.2, -0.15) is 0 Å². The van der Waals surface area contributed by atoms with Crippen LogP contribution in [0.1, 0.15) is 34.1 Å². The van der Waals surface area contributed by atoms with E-state index in [1.807, 2.05) is 27.7 Å². The summed E-state index contributed by atoms with van der Waals surface area (Å²) in [6.45, 7) is 7.90. The molecule has 2 amide bonds. The van der Waals surface area contributed by atoms with Crippen LogP contribution in [0.25, 0.3) is 0 Å². The minimum atomic E-state index is -1.28. The molecule has 2 fully saturated rings. The number of rotatable bonds is 3. The first-order valence-electron chi connectivity index (χ1n) is 8.48. The number of hydrogen-bond donors (Lipinski definition) is 2. The molecule has 2 heterocycles. The Bertz CT molecular complexity index is 739. The third-order valence-corrected chi connectivity index (χ3v) is 5.29. The third-order valence-electron chi connectivity index (χ3n) is 5.29. The summed E-state index contributed by atoms with van der Waals surface area (Å²) >= 11 is 0. The number of carboxylic acid groups (broad SMARTS) is 1. The second-order valence-electron chi connectivity index (χ2n) is 7.58. The van der Waals surface area contributed by atoms with Crippen LogP contribution in [0, 0.1) is 5.82 Å². The molecular weight excluding hydrogens is 342 g/mol. The van der Waals surface area contributed by atoms with Crippen LogP contribution in [0.3, 0.4) is 0 Å². The molecule has 2 aliphatic heterocycles. The molecule has 7 nitrogen and oxygen atoms in total. The van der Waals surface area contributed by atoms with Crippen LogP contribution in [-0.4, -0.2) is 48.0 Å². The minimum absolute atomic E-state index is 0.116. The van der Waals surface area contributed by atoms with Crippen molar-refractivity contribution >= 4 is 30.3 Å². The van der Waals surface area contributed by atoms with Gasteiger partial charge in [0.25, 0.3) is 0 Å². The summed E-state index contributed by atoms with van der Waals surface area (Å²) in [5.74, 6) is -1.05. The van der Waals surface area contributed by atoms with Gasteiger partial charge in [-0.25, -0.2) is 9.18 Å². The van der Waals surface area contributed by atoms with Crippen LogP contribution in [0.4, 0.5) is 14.9 Å². The summed E-state index contributed by atoms with van der Waals surface area (Å²) in [6.07, 6.45) is -0.981. The van der Waals surface area contributed by atoms with E-state index in [0.29, 0.717) is 11.9 Å². The highest BCUT2D eigenvalue weighted by molar-refractivity contribution is 6.62. The molecule has 2 saturated heterocycles. The molecule has 3 rings (SSSR count). The Morgan fingerprint density at radius 3 is 2.46 bits per heavy atom. The zero-order chi connectivity index (χ0) is 19.3. The van der Waals surface area contributed by atoms with Crippen molar-refractivity contribution in [1.29, 1.82) is 0 Å². The van der Waals surface area contributed by atoms with E-state index in [0.717, 1.165) is 0 Å². The van der Waals surface area contributed by atoms with Crippen molar-refractivity contribution < 1.29 is 28.4 Å². The van der Waals surface area contributed by atoms with Crippen LogP contribution in [0.15, 0.2) is 18.2 Å². The molecule has 140 valence electrons. The van der Waals surface area contributed by atoms with E-state index in [-0.39, 0.29) is 12.2 Å². The average molecular weight is 364 g/mol. The fraction of sp³-hybridized carbons (Fsp3) is 0.529. The number of carbonyl (C=O) groups is 2. The number of nitrogens with zero attached hydrogens (tertiary/aromatic N) is 1. The maximum Gasteiger partial charge on any atom is 0.494 e. The number of nitrogens with one attached hydrogen (secondary N) is 1. The van der Waals surface area contributed by atoms with Gasteiger partial charge in [0.2, 0.25) is 5.91 Å². The van der Waals surface area contributed by atoms with Crippen molar-refractivity contribution in [2.45, 2.75) is 51.4 Å². The second-order valence-corrected chi connectivity index (χ2v) is 7.58. The summed E-state index contributed by atoms with van der Waals surface area (Å²) in [5.41, 5.74) is -0.428. The van der Waals surface area contributed by atoms with Crippen molar-refractivity contribution in [2.24, 2.45) is 0 Å².